The van der Waals surface area contributed by atoms with E-state index in [0.29, 0.717) is 24.8 Å². The van der Waals surface area contributed by atoms with Gasteiger partial charge < -0.3 is 10.4 Å². The zero-order chi connectivity index (χ0) is 10.8. The Bertz CT molecular complexity index is 414. The van der Waals surface area contributed by atoms with Gasteiger partial charge in [-0.3, -0.25) is 9.59 Å². The smallest absolute Gasteiger partial charge is 0.220 e. The van der Waals surface area contributed by atoms with Gasteiger partial charge in [0, 0.05) is 24.4 Å². The lowest BCUT2D eigenvalue weighted by molar-refractivity contribution is -0.119. The van der Waals surface area contributed by atoms with E-state index in [1.165, 1.54) is 12.1 Å². The largest absolute Gasteiger partial charge is 0.508 e. The molecule has 0 aliphatic carbocycles. The number of aldehydes is 1. The number of aromatic hydroxyl groups is 1. The summed E-state index contributed by atoms with van der Waals surface area (Å²) in [5.41, 5.74) is 1.28. The Morgan fingerprint density at radius 3 is 2.87 bits per heavy atom. The minimum atomic E-state index is 0.00456. The van der Waals surface area contributed by atoms with Gasteiger partial charge in [-0.05, 0) is 17.7 Å². The fourth-order valence-corrected chi connectivity index (χ4v) is 1.86. The van der Waals surface area contributed by atoms with Crippen molar-refractivity contribution in [2.75, 3.05) is 6.54 Å². The molecule has 1 unspecified atom stereocenters. The van der Waals surface area contributed by atoms with E-state index < -0.39 is 0 Å². The SMILES string of the molecule is O=Cc1cc(O)ccc1C1CNC(=O)C1. The van der Waals surface area contributed by atoms with Crippen LogP contribution in [0.1, 0.15) is 28.3 Å². The molecule has 0 aromatic heterocycles. The Hall–Kier alpha value is -1.84. The van der Waals surface area contributed by atoms with E-state index >= 15 is 0 Å². The fourth-order valence-electron chi connectivity index (χ4n) is 1.86. The molecule has 1 aromatic rings. The van der Waals surface area contributed by atoms with E-state index in [2.05, 4.69) is 5.32 Å². The lowest BCUT2D eigenvalue weighted by atomic mass is 9.94. The predicted octanol–water partition coefficient (Wildman–Crippen LogP) is 0.808. The number of phenolic OH excluding ortho intramolecular Hbond substituents is 1. The molecule has 4 heteroatoms. The van der Waals surface area contributed by atoms with Crippen molar-refractivity contribution in [3.8, 4) is 5.75 Å². The van der Waals surface area contributed by atoms with E-state index in [4.69, 9.17) is 0 Å². The Kier molecular flexibility index (Phi) is 2.41. The van der Waals surface area contributed by atoms with E-state index in [-0.39, 0.29) is 17.6 Å². The van der Waals surface area contributed by atoms with Gasteiger partial charge in [0.1, 0.15) is 12.0 Å². The van der Waals surface area contributed by atoms with Crippen molar-refractivity contribution in [3.05, 3.63) is 29.3 Å². The number of nitrogens with one attached hydrogen (secondary N) is 1. The second-order valence-corrected chi connectivity index (χ2v) is 3.64. The lowest BCUT2D eigenvalue weighted by Crippen LogP contribution is -2.13. The standard InChI is InChI=1S/C11H11NO3/c13-6-8-3-9(14)1-2-10(8)7-4-11(15)12-5-7/h1-3,6-7,14H,4-5H2,(H,12,15). The van der Waals surface area contributed by atoms with Crippen molar-refractivity contribution in [1.82, 2.24) is 5.32 Å². The third-order valence-electron chi connectivity index (χ3n) is 2.61. The first-order valence-electron chi connectivity index (χ1n) is 4.75. The Morgan fingerprint density at radius 1 is 1.47 bits per heavy atom. The molecule has 4 nitrogen and oxygen atoms in total. The summed E-state index contributed by atoms with van der Waals surface area (Å²) in [7, 11) is 0. The second-order valence-electron chi connectivity index (χ2n) is 3.64. The van der Waals surface area contributed by atoms with Crippen LogP contribution in [0.4, 0.5) is 0 Å². The second kappa shape index (κ2) is 3.73. The first kappa shape index (κ1) is 9.71. The molecule has 1 aromatic carbocycles. The van der Waals surface area contributed by atoms with Crippen LogP contribution >= 0.6 is 0 Å². The molecule has 1 atom stereocenters. The van der Waals surface area contributed by atoms with Gasteiger partial charge in [-0.2, -0.15) is 0 Å². The van der Waals surface area contributed by atoms with Crippen LogP contribution < -0.4 is 5.32 Å². The highest BCUT2D eigenvalue weighted by Gasteiger charge is 2.24. The molecule has 78 valence electrons. The molecule has 1 saturated heterocycles. The summed E-state index contributed by atoms with van der Waals surface area (Å²) in [5.74, 6) is 0.112. The third-order valence-corrected chi connectivity index (χ3v) is 2.61. The van der Waals surface area contributed by atoms with Crippen molar-refractivity contribution >= 4 is 12.2 Å². The number of hydrogen-bond acceptors (Lipinski definition) is 3. The van der Waals surface area contributed by atoms with Crippen molar-refractivity contribution in [2.24, 2.45) is 0 Å². The summed E-state index contributed by atoms with van der Waals surface area (Å²) in [6.07, 6.45) is 1.11. The fraction of sp³-hybridized carbons (Fsp3) is 0.273. The van der Waals surface area contributed by atoms with E-state index in [9.17, 15) is 14.7 Å². The molecule has 1 fully saturated rings. The molecule has 0 saturated carbocycles. The number of carbonyl (C=O) groups excluding carboxylic acids is 2. The average molecular weight is 205 g/mol. The molecule has 1 amide bonds. The van der Waals surface area contributed by atoms with Gasteiger partial charge in [0.25, 0.3) is 0 Å². The maximum atomic E-state index is 11.0. The van der Waals surface area contributed by atoms with E-state index in [1.54, 1.807) is 6.07 Å². The maximum absolute atomic E-state index is 11.0. The zero-order valence-electron chi connectivity index (χ0n) is 8.06. The molecule has 0 spiro atoms. The van der Waals surface area contributed by atoms with Crippen LogP contribution in [0.5, 0.6) is 5.75 Å². The van der Waals surface area contributed by atoms with Crippen LogP contribution in [0.15, 0.2) is 18.2 Å². The first-order chi connectivity index (χ1) is 7.20. The van der Waals surface area contributed by atoms with E-state index in [0.717, 1.165) is 5.56 Å². The van der Waals surface area contributed by atoms with Crippen LogP contribution in [0.25, 0.3) is 0 Å². The van der Waals surface area contributed by atoms with E-state index in [1.807, 2.05) is 0 Å². The molecule has 0 bridgehead atoms. The van der Waals surface area contributed by atoms with Crippen LogP contribution in [0.3, 0.4) is 0 Å². The average Bonchev–Trinajstić information content (AvgIpc) is 2.64. The maximum Gasteiger partial charge on any atom is 0.220 e. The molecule has 0 radical (unpaired) electrons. The van der Waals surface area contributed by atoms with Gasteiger partial charge in [-0.15, -0.1) is 0 Å². The Morgan fingerprint density at radius 2 is 2.27 bits per heavy atom. The van der Waals surface area contributed by atoms with Gasteiger partial charge >= 0.3 is 0 Å². The van der Waals surface area contributed by atoms with Crippen molar-refractivity contribution in [3.63, 3.8) is 0 Å². The van der Waals surface area contributed by atoms with Gasteiger partial charge in [0.15, 0.2) is 0 Å². The highest BCUT2D eigenvalue weighted by molar-refractivity contribution is 5.82. The molecule has 15 heavy (non-hydrogen) atoms. The summed E-state index contributed by atoms with van der Waals surface area (Å²) in [6, 6.07) is 4.65. The number of carbonyl (C=O) groups is 2. The Balaban J connectivity index is 2.35. The molecule has 2 N–H and O–H groups in total. The van der Waals surface area contributed by atoms with Gasteiger partial charge in [0.05, 0.1) is 0 Å². The monoisotopic (exact) mass is 205 g/mol. The highest BCUT2D eigenvalue weighted by Crippen LogP contribution is 2.27. The molecular formula is C11H11NO3. The van der Waals surface area contributed by atoms with Crippen LogP contribution in [0, 0.1) is 0 Å². The quantitative estimate of drug-likeness (QED) is 0.702. The topological polar surface area (TPSA) is 66.4 Å². The molecule has 1 aliphatic rings. The summed E-state index contributed by atoms with van der Waals surface area (Å²) < 4.78 is 0. The predicted molar refractivity (Wildman–Crippen MR) is 53.9 cm³/mol. The summed E-state index contributed by atoms with van der Waals surface area (Å²) >= 11 is 0. The van der Waals surface area contributed by atoms with Crippen molar-refractivity contribution < 1.29 is 14.7 Å². The van der Waals surface area contributed by atoms with Crippen LogP contribution in [-0.4, -0.2) is 23.8 Å². The van der Waals surface area contributed by atoms with Crippen molar-refractivity contribution in [2.45, 2.75) is 12.3 Å². The van der Waals surface area contributed by atoms with Crippen molar-refractivity contribution in [1.29, 1.82) is 0 Å². The zero-order valence-corrected chi connectivity index (χ0v) is 8.06. The molecular weight excluding hydrogens is 194 g/mol. The number of hydrogen-bond donors (Lipinski definition) is 2. The van der Waals surface area contributed by atoms with Crippen LogP contribution in [0.2, 0.25) is 0 Å². The van der Waals surface area contributed by atoms with Gasteiger partial charge in [-0.25, -0.2) is 0 Å². The van der Waals surface area contributed by atoms with Gasteiger partial charge in [-0.1, -0.05) is 6.07 Å². The minimum absolute atomic E-state index is 0.00456. The normalized spacial score (nSPS) is 20.0. The summed E-state index contributed by atoms with van der Waals surface area (Å²) in [4.78, 5) is 21.8. The molecule has 1 heterocycles. The number of rotatable bonds is 2. The number of phenols is 1. The number of amides is 1. The Labute approximate surface area is 86.9 Å². The highest BCUT2D eigenvalue weighted by atomic mass is 16.3. The minimum Gasteiger partial charge on any atom is -0.508 e. The first-order valence-corrected chi connectivity index (χ1v) is 4.75. The molecule has 2 rings (SSSR count). The third kappa shape index (κ3) is 1.83. The molecule has 1 aliphatic heterocycles. The lowest BCUT2D eigenvalue weighted by Gasteiger charge is -2.10. The van der Waals surface area contributed by atoms with Gasteiger partial charge in [0.2, 0.25) is 5.91 Å². The summed E-state index contributed by atoms with van der Waals surface area (Å²) in [5, 5.41) is 11.9. The summed E-state index contributed by atoms with van der Waals surface area (Å²) in [6.45, 7) is 0.560. The van der Waals surface area contributed by atoms with Crippen LogP contribution in [-0.2, 0) is 4.79 Å². The number of benzene rings is 1.